The summed E-state index contributed by atoms with van der Waals surface area (Å²) in [6, 6.07) is 5.39. The highest BCUT2D eigenvalue weighted by Gasteiger charge is 2.13. The van der Waals surface area contributed by atoms with Crippen LogP contribution in [0.5, 0.6) is 11.5 Å². The number of thioether (sulfide) groups is 1. The second-order valence-corrected chi connectivity index (χ2v) is 5.27. The van der Waals surface area contributed by atoms with E-state index in [2.05, 4.69) is 15.6 Å². The van der Waals surface area contributed by atoms with Gasteiger partial charge in [0.25, 0.3) is 0 Å². The number of amidine groups is 1. The minimum Gasteiger partial charge on any atom is -0.486 e. The van der Waals surface area contributed by atoms with Crippen LogP contribution in [-0.2, 0) is 4.79 Å². The molecule has 2 heterocycles. The standard InChI is InChI=1S/C13H15N3O3S/c17-12(8-20-13-14-3-4-15-13)16-9-1-2-10-11(7-9)19-6-5-18-10/h1-2,7H,3-6,8H2,(H,14,15)(H,16,17). The van der Waals surface area contributed by atoms with E-state index < -0.39 is 0 Å². The molecule has 1 amide bonds. The summed E-state index contributed by atoms with van der Waals surface area (Å²) in [7, 11) is 0. The maximum absolute atomic E-state index is 11.9. The first-order chi connectivity index (χ1) is 9.81. The van der Waals surface area contributed by atoms with Crippen LogP contribution < -0.4 is 20.1 Å². The van der Waals surface area contributed by atoms with Crippen molar-refractivity contribution >= 4 is 28.5 Å². The molecule has 7 heteroatoms. The summed E-state index contributed by atoms with van der Waals surface area (Å²) in [5.41, 5.74) is 0.709. The summed E-state index contributed by atoms with van der Waals surface area (Å²) >= 11 is 1.41. The lowest BCUT2D eigenvalue weighted by Gasteiger charge is -2.19. The van der Waals surface area contributed by atoms with Gasteiger partial charge >= 0.3 is 0 Å². The number of rotatable bonds is 3. The smallest absolute Gasteiger partial charge is 0.234 e. The van der Waals surface area contributed by atoms with E-state index in [0.717, 1.165) is 18.3 Å². The van der Waals surface area contributed by atoms with E-state index in [0.29, 0.717) is 36.2 Å². The Morgan fingerprint density at radius 2 is 2.20 bits per heavy atom. The van der Waals surface area contributed by atoms with E-state index >= 15 is 0 Å². The Kier molecular flexibility index (Phi) is 3.96. The number of ether oxygens (including phenoxy) is 2. The molecule has 0 saturated carbocycles. The number of nitrogens with one attached hydrogen (secondary N) is 2. The number of fused-ring (bicyclic) bond motifs is 1. The van der Waals surface area contributed by atoms with Crippen LogP contribution in [0.25, 0.3) is 0 Å². The summed E-state index contributed by atoms with van der Waals surface area (Å²) in [5, 5.41) is 6.79. The van der Waals surface area contributed by atoms with Crippen LogP contribution >= 0.6 is 11.8 Å². The van der Waals surface area contributed by atoms with Crippen LogP contribution in [0.4, 0.5) is 5.69 Å². The maximum Gasteiger partial charge on any atom is 0.234 e. The first-order valence-electron chi connectivity index (χ1n) is 6.42. The number of hydrogen-bond donors (Lipinski definition) is 2. The molecule has 0 saturated heterocycles. The largest absolute Gasteiger partial charge is 0.486 e. The van der Waals surface area contributed by atoms with Crippen LogP contribution in [0.15, 0.2) is 23.2 Å². The number of benzene rings is 1. The molecule has 1 aromatic carbocycles. The van der Waals surface area contributed by atoms with Crippen molar-refractivity contribution in [2.75, 3.05) is 37.4 Å². The molecule has 0 unspecified atom stereocenters. The predicted molar refractivity (Wildman–Crippen MR) is 78.8 cm³/mol. The lowest BCUT2D eigenvalue weighted by atomic mass is 10.2. The molecule has 0 atom stereocenters. The number of carbonyl (C=O) groups excluding carboxylic acids is 1. The number of nitrogens with zero attached hydrogens (tertiary/aromatic N) is 1. The van der Waals surface area contributed by atoms with Crippen molar-refractivity contribution in [3.8, 4) is 11.5 Å². The summed E-state index contributed by atoms with van der Waals surface area (Å²) in [4.78, 5) is 16.1. The van der Waals surface area contributed by atoms with E-state index in [1.807, 2.05) is 0 Å². The molecule has 0 spiro atoms. The molecule has 0 aliphatic carbocycles. The average Bonchev–Trinajstić information content (AvgIpc) is 2.98. The molecule has 6 nitrogen and oxygen atoms in total. The molecule has 0 fully saturated rings. The molecular weight excluding hydrogens is 278 g/mol. The minimum absolute atomic E-state index is 0.0666. The van der Waals surface area contributed by atoms with E-state index in [4.69, 9.17) is 9.47 Å². The summed E-state index contributed by atoms with van der Waals surface area (Å²) in [6.07, 6.45) is 0. The zero-order valence-electron chi connectivity index (χ0n) is 10.8. The second kappa shape index (κ2) is 6.04. The fourth-order valence-corrected chi connectivity index (χ4v) is 2.65. The number of aliphatic imine (C=N–C) groups is 1. The molecule has 1 aromatic rings. The third kappa shape index (κ3) is 3.16. The molecule has 2 N–H and O–H groups in total. The molecular formula is C13H15N3O3S. The fraction of sp³-hybridized carbons (Fsp3) is 0.385. The Bertz CT molecular complexity index is 548. The number of carbonyl (C=O) groups is 1. The summed E-state index contributed by atoms with van der Waals surface area (Å²) < 4.78 is 10.9. The van der Waals surface area contributed by atoms with E-state index in [9.17, 15) is 4.79 Å². The number of anilines is 1. The van der Waals surface area contributed by atoms with Crippen LogP contribution in [0.2, 0.25) is 0 Å². The Balaban J connectivity index is 1.55. The minimum atomic E-state index is -0.0666. The van der Waals surface area contributed by atoms with Crippen molar-refractivity contribution in [1.82, 2.24) is 5.32 Å². The highest BCUT2D eigenvalue weighted by Crippen LogP contribution is 2.32. The van der Waals surface area contributed by atoms with Gasteiger partial charge in [-0.25, -0.2) is 0 Å². The monoisotopic (exact) mass is 293 g/mol. The number of amides is 1. The van der Waals surface area contributed by atoms with Crippen molar-refractivity contribution in [1.29, 1.82) is 0 Å². The van der Waals surface area contributed by atoms with Crippen LogP contribution in [0.1, 0.15) is 0 Å². The van der Waals surface area contributed by atoms with Crippen molar-refractivity contribution in [2.45, 2.75) is 0 Å². The molecule has 3 rings (SSSR count). The normalized spacial score (nSPS) is 16.3. The SMILES string of the molecule is O=C(CSC1=NCCN1)Nc1ccc2c(c1)OCCO2. The van der Waals surface area contributed by atoms with Crippen molar-refractivity contribution < 1.29 is 14.3 Å². The van der Waals surface area contributed by atoms with Gasteiger partial charge in [0.05, 0.1) is 12.3 Å². The predicted octanol–water partition coefficient (Wildman–Crippen LogP) is 1.09. The Labute approximate surface area is 120 Å². The summed E-state index contributed by atoms with van der Waals surface area (Å²) in [6.45, 7) is 2.73. The zero-order valence-corrected chi connectivity index (χ0v) is 11.7. The molecule has 2 aliphatic rings. The molecule has 0 bridgehead atoms. The van der Waals surface area contributed by atoms with E-state index in [1.165, 1.54) is 11.8 Å². The van der Waals surface area contributed by atoms with Crippen molar-refractivity contribution in [2.24, 2.45) is 4.99 Å². The lowest BCUT2D eigenvalue weighted by molar-refractivity contribution is -0.113. The second-order valence-electron chi connectivity index (χ2n) is 4.31. The van der Waals surface area contributed by atoms with Gasteiger partial charge in [0, 0.05) is 18.3 Å². The van der Waals surface area contributed by atoms with Gasteiger partial charge in [-0.15, -0.1) is 0 Å². The van der Waals surface area contributed by atoms with E-state index in [1.54, 1.807) is 18.2 Å². The van der Waals surface area contributed by atoms with Gasteiger partial charge in [-0.2, -0.15) is 0 Å². The Morgan fingerprint density at radius 1 is 1.35 bits per heavy atom. The molecule has 0 radical (unpaired) electrons. The topological polar surface area (TPSA) is 72.0 Å². The van der Waals surface area contributed by atoms with Crippen molar-refractivity contribution in [3.63, 3.8) is 0 Å². The third-order valence-electron chi connectivity index (χ3n) is 2.81. The summed E-state index contributed by atoms with van der Waals surface area (Å²) in [5.74, 6) is 1.65. The first kappa shape index (κ1) is 13.1. The molecule has 2 aliphatic heterocycles. The van der Waals surface area contributed by atoms with Crippen LogP contribution in [0, 0.1) is 0 Å². The Morgan fingerprint density at radius 3 is 3.00 bits per heavy atom. The van der Waals surface area contributed by atoms with Gasteiger partial charge in [0.1, 0.15) is 13.2 Å². The molecule has 20 heavy (non-hydrogen) atoms. The first-order valence-corrected chi connectivity index (χ1v) is 7.40. The van der Waals surface area contributed by atoms with Gasteiger partial charge in [-0.3, -0.25) is 9.79 Å². The molecule has 106 valence electrons. The Hall–Kier alpha value is -1.89. The van der Waals surface area contributed by atoms with Crippen LogP contribution in [-0.4, -0.2) is 43.1 Å². The zero-order chi connectivity index (χ0) is 13.8. The highest BCUT2D eigenvalue weighted by molar-refractivity contribution is 8.14. The van der Waals surface area contributed by atoms with Gasteiger partial charge in [0.2, 0.25) is 5.91 Å². The van der Waals surface area contributed by atoms with E-state index in [-0.39, 0.29) is 5.91 Å². The highest BCUT2D eigenvalue weighted by atomic mass is 32.2. The van der Waals surface area contributed by atoms with Gasteiger partial charge < -0.3 is 20.1 Å². The maximum atomic E-state index is 11.9. The van der Waals surface area contributed by atoms with Crippen LogP contribution in [0.3, 0.4) is 0 Å². The fourth-order valence-electron chi connectivity index (χ4n) is 1.92. The average molecular weight is 293 g/mol. The van der Waals surface area contributed by atoms with Gasteiger partial charge in [0.15, 0.2) is 16.7 Å². The lowest BCUT2D eigenvalue weighted by Crippen LogP contribution is -2.20. The van der Waals surface area contributed by atoms with Gasteiger partial charge in [-0.05, 0) is 12.1 Å². The number of hydrogen-bond acceptors (Lipinski definition) is 6. The quantitative estimate of drug-likeness (QED) is 0.873. The van der Waals surface area contributed by atoms with Crippen molar-refractivity contribution in [3.05, 3.63) is 18.2 Å². The third-order valence-corrected chi connectivity index (χ3v) is 3.76. The van der Waals surface area contributed by atoms with Gasteiger partial charge in [-0.1, -0.05) is 11.8 Å². The molecule has 0 aromatic heterocycles.